The molecule has 1 saturated heterocycles. The van der Waals surface area contributed by atoms with Crippen molar-refractivity contribution in [1.82, 2.24) is 24.4 Å². The van der Waals surface area contributed by atoms with Crippen LogP contribution in [0.4, 0.5) is 0 Å². The van der Waals surface area contributed by atoms with Crippen molar-refractivity contribution in [1.29, 1.82) is 0 Å². The number of carbonyl (C=O) groups is 1. The Kier molecular flexibility index (Phi) is 5.59. The molecule has 32 heavy (non-hydrogen) atoms. The average molecular weight is 434 g/mol. The van der Waals surface area contributed by atoms with E-state index in [1.165, 1.54) is 18.4 Å². The number of fused-ring (bicyclic) bond motifs is 2. The van der Waals surface area contributed by atoms with Gasteiger partial charge in [0, 0.05) is 32.5 Å². The Hall–Kier alpha value is -2.93. The molecule has 1 N–H and O–H groups in total. The molecule has 2 unspecified atom stereocenters. The van der Waals surface area contributed by atoms with Crippen molar-refractivity contribution >= 4 is 11.6 Å². The van der Waals surface area contributed by atoms with Crippen LogP contribution in [0.5, 0.6) is 0 Å². The molecule has 1 fully saturated rings. The summed E-state index contributed by atoms with van der Waals surface area (Å²) in [4.78, 5) is 34.1. The number of nitrogens with one attached hydrogen (secondary N) is 1. The monoisotopic (exact) mass is 433 g/mol. The van der Waals surface area contributed by atoms with E-state index in [0.717, 1.165) is 30.9 Å². The van der Waals surface area contributed by atoms with Crippen LogP contribution < -0.4 is 5.56 Å². The van der Waals surface area contributed by atoms with Crippen molar-refractivity contribution in [3.05, 3.63) is 69.3 Å². The third-order valence-electron chi connectivity index (χ3n) is 7.08. The zero-order valence-corrected chi connectivity index (χ0v) is 18.9. The molecule has 2 atom stereocenters. The maximum Gasteiger partial charge on any atom is 0.277 e. The van der Waals surface area contributed by atoms with Gasteiger partial charge in [-0.15, -0.1) is 0 Å². The smallest absolute Gasteiger partial charge is 0.277 e. The van der Waals surface area contributed by atoms with Gasteiger partial charge in [-0.25, -0.2) is 9.50 Å². The van der Waals surface area contributed by atoms with Gasteiger partial charge in [0.15, 0.2) is 5.65 Å². The van der Waals surface area contributed by atoms with Crippen molar-refractivity contribution in [3.63, 3.8) is 0 Å². The van der Waals surface area contributed by atoms with Gasteiger partial charge in [-0.1, -0.05) is 43.7 Å². The van der Waals surface area contributed by atoms with Gasteiger partial charge in [0.2, 0.25) is 5.91 Å². The molecule has 1 amide bonds. The van der Waals surface area contributed by atoms with Crippen LogP contribution in [0.15, 0.2) is 41.2 Å². The van der Waals surface area contributed by atoms with Crippen LogP contribution in [0, 0.1) is 0 Å². The van der Waals surface area contributed by atoms with E-state index in [2.05, 4.69) is 53.3 Å². The standard InChI is InChI=1S/C25H31N5O2/c1-17(19-8-4-3-5-9-19)15-29-12-7-6-10-23(29)22-14-24-26-21-11-13-28(18(2)31)16-20(21)25(32)30(24)27-22/h3-5,8-9,14,17,23,27H,6-7,10-13,15-16H2,1-2H3. The summed E-state index contributed by atoms with van der Waals surface area (Å²) in [6.07, 6.45) is 4.08. The molecule has 168 valence electrons. The van der Waals surface area contributed by atoms with Gasteiger partial charge in [0.25, 0.3) is 5.56 Å². The Morgan fingerprint density at radius 3 is 2.81 bits per heavy atom. The molecule has 7 heteroatoms. The summed E-state index contributed by atoms with van der Waals surface area (Å²) in [7, 11) is 0. The second-order valence-electron chi connectivity index (χ2n) is 9.26. The summed E-state index contributed by atoms with van der Waals surface area (Å²) in [5.41, 5.74) is 4.48. The topological polar surface area (TPSA) is 73.7 Å². The summed E-state index contributed by atoms with van der Waals surface area (Å²) in [6.45, 7) is 6.84. The number of hydrogen-bond acceptors (Lipinski definition) is 4. The van der Waals surface area contributed by atoms with Gasteiger partial charge in [-0.2, -0.15) is 0 Å². The van der Waals surface area contributed by atoms with Crippen LogP contribution >= 0.6 is 0 Å². The fraction of sp³-hybridized carbons (Fsp3) is 0.480. The average Bonchev–Trinajstić information content (AvgIpc) is 3.24. The highest BCUT2D eigenvalue weighted by molar-refractivity contribution is 5.73. The molecule has 1 aromatic carbocycles. The first-order valence-electron chi connectivity index (χ1n) is 11.7. The van der Waals surface area contributed by atoms with Crippen molar-refractivity contribution in [2.24, 2.45) is 0 Å². The van der Waals surface area contributed by atoms with Crippen molar-refractivity contribution < 1.29 is 4.79 Å². The third kappa shape index (κ3) is 3.86. The minimum atomic E-state index is -0.0813. The van der Waals surface area contributed by atoms with Crippen LogP contribution in [-0.4, -0.2) is 49.9 Å². The molecule has 2 aliphatic rings. The molecule has 4 heterocycles. The second kappa shape index (κ2) is 8.54. The van der Waals surface area contributed by atoms with Crippen molar-refractivity contribution in [2.75, 3.05) is 19.6 Å². The van der Waals surface area contributed by atoms with E-state index in [1.54, 1.807) is 16.3 Å². The molecule has 0 aliphatic carbocycles. The highest BCUT2D eigenvalue weighted by Crippen LogP contribution is 2.32. The summed E-state index contributed by atoms with van der Waals surface area (Å²) < 4.78 is 1.57. The number of amides is 1. The predicted octanol–water partition coefficient (Wildman–Crippen LogP) is 3.26. The van der Waals surface area contributed by atoms with Gasteiger partial charge in [0.05, 0.1) is 29.5 Å². The maximum absolute atomic E-state index is 13.2. The molecule has 2 aliphatic heterocycles. The number of hydrogen-bond donors (Lipinski definition) is 1. The lowest BCUT2D eigenvalue weighted by atomic mass is 9.95. The van der Waals surface area contributed by atoms with E-state index in [4.69, 9.17) is 4.98 Å². The van der Waals surface area contributed by atoms with Crippen molar-refractivity contribution in [3.8, 4) is 0 Å². The molecular formula is C25H31N5O2. The van der Waals surface area contributed by atoms with E-state index in [1.807, 2.05) is 0 Å². The molecule has 0 bridgehead atoms. The summed E-state index contributed by atoms with van der Waals surface area (Å²) in [6, 6.07) is 13.0. The quantitative estimate of drug-likeness (QED) is 0.685. The minimum absolute atomic E-state index is 0.00212. The van der Waals surface area contributed by atoms with E-state index in [9.17, 15) is 9.59 Å². The number of aromatic nitrogens is 3. The SMILES string of the molecule is CC(=O)N1CCc2nc3cc(C4CCCCN4CC(C)c4ccccc4)[nH]n3c(=O)c2C1. The lowest BCUT2D eigenvalue weighted by Crippen LogP contribution is -2.39. The van der Waals surface area contributed by atoms with Crippen LogP contribution in [0.25, 0.3) is 5.65 Å². The molecule has 0 spiro atoms. The molecule has 0 radical (unpaired) electrons. The summed E-state index contributed by atoms with van der Waals surface area (Å²) in [5, 5.41) is 3.37. The predicted molar refractivity (Wildman–Crippen MR) is 124 cm³/mol. The zero-order valence-electron chi connectivity index (χ0n) is 18.9. The first kappa shape index (κ1) is 20.9. The molecule has 7 nitrogen and oxygen atoms in total. The number of likely N-dealkylation sites (tertiary alicyclic amines) is 1. The van der Waals surface area contributed by atoms with Crippen LogP contribution in [0.3, 0.4) is 0 Å². The highest BCUT2D eigenvalue weighted by Gasteiger charge is 2.29. The van der Waals surface area contributed by atoms with Gasteiger partial charge >= 0.3 is 0 Å². The van der Waals surface area contributed by atoms with Crippen LogP contribution in [-0.2, 0) is 17.8 Å². The van der Waals surface area contributed by atoms with Gasteiger partial charge in [0.1, 0.15) is 0 Å². The number of H-pyrrole nitrogens is 1. The number of carbonyl (C=O) groups excluding carboxylic acids is 1. The van der Waals surface area contributed by atoms with Gasteiger partial charge < -0.3 is 4.90 Å². The zero-order chi connectivity index (χ0) is 22.2. The van der Waals surface area contributed by atoms with Crippen LogP contribution in [0.2, 0.25) is 0 Å². The van der Waals surface area contributed by atoms with Gasteiger partial charge in [-0.05, 0) is 30.9 Å². The lowest BCUT2D eigenvalue weighted by molar-refractivity contribution is -0.129. The molecule has 3 aromatic rings. The van der Waals surface area contributed by atoms with E-state index in [0.29, 0.717) is 36.6 Å². The number of benzene rings is 1. The number of nitrogens with zero attached hydrogens (tertiary/aromatic N) is 4. The fourth-order valence-electron chi connectivity index (χ4n) is 5.24. The highest BCUT2D eigenvalue weighted by atomic mass is 16.2. The van der Waals surface area contributed by atoms with E-state index in [-0.39, 0.29) is 17.5 Å². The van der Waals surface area contributed by atoms with Crippen molar-refractivity contribution in [2.45, 2.75) is 58.0 Å². The van der Waals surface area contributed by atoms with E-state index >= 15 is 0 Å². The Labute approximate surface area is 188 Å². The first-order chi connectivity index (χ1) is 15.5. The summed E-state index contributed by atoms with van der Waals surface area (Å²) >= 11 is 0. The minimum Gasteiger partial charge on any atom is -0.338 e. The molecule has 5 rings (SSSR count). The Balaban J connectivity index is 1.44. The Bertz CT molecular complexity index is 1180. The summed E-state index contributed by atoms with van der Waals surface area (Å²) in [5.74, 6) is 0.435. The van der Waals surface area contributed by atoms with E-state index < -0.39 is 0 Å². The molecule has 0 saturated carbocycles. The second-order valence-corrected chi connectivity index (χ2v) is 9.26. The van der Waals surface area contributed by atoms with Gasteiger partial charge in [-0.3, -0.25) is 19.6 Å². The Morgan fingerprint density at radius 2 is 2.03 bits per heavy atom. The largest absolute Gasteiger partial charge is 0.338 e. The maximum atomic E-state index is 13.2. The fourth-order valence-corrected chi connectivity index (χ4v) is 5.24. The van der Waals surface area contributed by atoms with Crippen LogP contribution in [0.1, 0.15) is 67.6 Å². The lowest BCUT2D eigenvalue weighted by Gasteiger charge is -2.36. The first-order valence-corrected chi connectivity index (χ1v) is 11.7. The number of aromatic amines is 1. The number of piperidine rings is 1. The Morgan fingerprint density at radius 1 is 1.22 bits per heavy atom. The molecular weight excluding hydrogens is 402 g/mol. The normalized spacial score (nSPS) is 20.3. The third-order valence-corrected chi connectivity index (χ3v) is 7.08. The number of rotatable bonds is 4. The molecule has 2 aromatic heterocycles.